The normalized spacial score (nSPS) is 20.9. The Morgan fingerprint density at radius 2 is 1.97 bits per heavy atom. The second-order valence-electron chi connectivity index (χ2n) is 8.90. The molecule has 0 saturated carbocycles. The zero-order valence-electron chi connectivity index (χ0n) is 18.9. The third kappa shape index (κ3) is 5.69. The maximum Gasteiger partial charge on any atom is 0.410 e. The van der Waals surface area contributed by atoms with Gasteiger partial charge in [-0.15, -0.1) is 0 Å². The Labute approximate surface area is 192 Å². The van der Waals surface area contributed by atoms with Crippen molar-refractivity contribution >= 4 is 23.6 Å². The molecule has 0 aliphatic carbocycles. The van der Waals surface area contributed by atoms with Crippen molar-refractivity contribution in [2.24, 2.45) is 5.92 Å². The molecule has 1 aromatic rings. The summed E-state index contributed by atoms with van der Waals surface area (Å²) < 4.78 is 22.2. The molecule has 0 bridgehead atoms. The number of likely N-dealkylation sites (tertiary alicyclic amines) is 1. The largest absolute Gasteiger partial charge is 0.491 e. The van der Waals surface area contributed by atoms with Gasteiger partial charge in [-0.2, -0.15) is 0 Å². The summed E-state index contributed by atoms with van der Waals surface area (Å²) >= 11 is 6.30. The van der Waals surface area contributed by atoms with E-state index in [1.165, 1.54) is 18.1 Å². The first-order valence-electron chi connectivity index (χ1n) is 10.7. The predicted molar refractivity (Wildman–Crippen MR) is 118 cm³/mol. The van der Waals surface area contributed by atoms with E-state index in [9.17, 15) is 14.7 Å². The summed E-state index contributed by atoms with van der Waals surface area (Å²) in [6, 6.07) is 1.49. The topological polar surface area (TPSA) is 107 Å². The van der Waals surface area contributed by atoms with Crippen LogP contribution in [-0.4, -0.2) is 73.7 Å². The van der Waals surface area contributed by atoms with E-state index in [2.05, 4.69) is 5.32 Å². The Balaban J connectivity index is 1.64. The fourth-order valence-electron chi connectivity index (χ4n) is 3.66. The number of rotatable bonds is 4. The third-order valence-electron chi connectivity index (χ3n) is 5.27. The molecule has 3 rings (SSSR count). The van der Waals surface area contributed by atoms with Gasteiger partial charge in [-0.05, 0) is 33.3 Å². The van der Waals surface area contributed by atoms with Crippen molar-refractivity contribution in [3.8, 4) is 17.2 Å². The number of nitrogens with one attached hydrogen (secondary N) is 1. The molecule has 32 heavy (non-hydrogen) atoms. The van der Waals surface area contributed by atoms with Gasteiger partial charge in [-0.25, -0.2) is 4.79 Å². The van der Waals surface area contributed by atoms with Crippen LogP contribution in [0.4, 0.5) is 4.79 Å². The number of methoxy groups -OCH3 is 1. The first kappa shape index (κ1) is 24.3. The number of fused-ring (bicyclic) bond motifs is 1. The molecule has 0 spiro atoms. The summed E-state index contributed by atoms with van der Waals surface area (Å²) in [6.07, 6.45) is -0.0415. The van der Waals surface area contributed by atoms with E-state index in [1.54, 1.807) is 20.8 Å². The van der Waals surface area contributed by atoms with Crippen LogP contribution in [-0.2, 0) is 4.74 Å². The fourth-order valence-corrected chi connectivity index (χ4v) is 3.93. The van der Waals surface area contributed by atoms with Crippen LogP contribution in [0.2, 0.25) is 5.02 Å². The molecule has 178 valence electrons. The van der Waals surface area contributed by atoms with E-state index in [1.807, 2.05) is 0 Å². The zero-order chi connectivity index (χ0) is 23.5. The third-order valence-corrected chi connectivity index (χ3v) is 5.55. The van der Waals surface area contributed by atoms with Crippen molar-refractivity contribution in [3.63, 3.8) is 0 Å². The van der Waals surface area contributed by atoms with Crippen molar-refractivity contribution < 1.29 is 33.6 Å². The Bertz CT molecular complexity index is 856. The SMILES string of the molecule is COc1c(Cl)cc(C(=O)NC[C@@H]2CCN(C(=O)OC(C)(C)C)CC2O)c2c1OCCCO2. The van der Waals surface area contributed by atoms with Gasteiger partial charge < -0.3 is 34.3 Å². The summed E-state index contributed by atoms with van der Waals surface area (Å²) in [6.45, 7) is 7.04. The van der Waals surface area contributed by atoms with Crippen LogP contribution in [0.1, 0.15) is 44.0 Å². The number of halogens is 1. The number of hydrogen-bond acceptors (Lipinski definition) is 7. The van der Waals surface area contributed by atoms with Gasteiger partial charge >= 0.3 is 6.09 Å². The molecular weight excluding hydrogens is 440 g/mol. The molecule has 10 heteroatoms. The van der Waals surface area contributed by atoms with Gasteiger partial charge in [0, 0.05) is 25.4 Å². The molecule has 2 heterocycles. The lowest BCUT2D eigenvalue weighted by atomic mass is 9.94. The van der Waals surface area contributed by atoms with Crippen LogP contribution in [0.5, 0.6) is 17.2 Å². The second-order valence-corrected chi connectivity index (χ2v) is 9.31. The summed E-state index contributed by atoms with van der Waals surface area (Å²) in [5, 5.41) is 13.6. The summed E-state index contributed by atoms with van der Waals surface area (Å²) in [5.41, 5.74) is -0.357. The number of carbonyl (C=O) groups excluding carboxylic acids is 2. The number of nitrogens with zero attached hydrogens (tertiary/aromatic N) is 1. The van der Waals surface area contributed by atoms with Crippen LogP contribution in [0, 0.1) is 5.92 Å². The highest BCUT2D eigenvalue weighted by Crippen LogP contribution is 2.46. The molecule has 1 unspecified atom stereocenters. The second kappa shape index (κ2) is 10.0. The number of aliphatic hydroxyl groups is 1. The molecule has 2 aliphatic heterocycles. The molecular formula is C22H31ClN2O7. The summed E-state index contributed by atoms with van der Waals surface area (Å²) in [4.78, 5) is 26.7. The van der Waals surface area contributed by atoms with Crippen molar-refractivity contribution in [1.29, 1.82) is 0 Å². The minimum Gasteiger partial charge on any atom is -0.491 e. The van der Waals surface area contributed by atoms with E-state index < -0.39 is 23.7 Å². The monoisotopic (exact) mass is 470 g/mol. The van der Waals surface area contributed by atoms with E-state index in [0.29, 0.717) is 49.8 Å². The van der Waals surface area contributed by atoms with E-state index in [-0.39, 0.29) is 29.6 Å². The summed E-state index contributed by atoms with van der Waals surface area (Å²) in [7, 11) is 1.47. The standard InChI is InChI=1S/C22H31ClN2O7/c1-22(2,3)32-21(28)25-7-6-13(16(26)12-25)11-24-20(27)14-10-15(23)18(29-4)19-17(14)30-8-5-9-31-19/h10,13,16,26H,5-9,11-12H2,1-4H3,(H,24,27)/t13-,16?/m0/s1. The molecule has 1 saturated heterocycles. The molecule has 1 fully saturated rings. The number of benzene rings is 1. The quantitative estimate of drug-likeness (QED) is 0.696. The number of β-amino-alcohol motifs (C(OH)–C–C–N with tert-alkyl or cyclic N) is 1. The molecule has 2 atom stereocenters. The lowest BCUT2D eigenvalue weighted by molar-refractivity contribution is -0.0122. The van der Waals surface area contributed by atoms with Crippen LogP contribution in [0.15, 0.2) is 6.07 Å². The highest BCUT2D eigenvalue weighted by molar-refractivity contribution is 6.33. The van der Waals surface area contributed by atoms with Crippen LogP contribution in [0.25, 0.3) is 0 Å². The minimum absolute atomic E-state index is 0.149. The van der Waals surface area contributed by atoms with Crippen molar-refractivity contribution in [2.75, 3.05) is 40.0 Å². The van der Waals surface area contributed by atoms with Gasteiger partial charge in [0.2, 0.25) is 5.75 Å². The van der Waals surface area contributed by atoms with Crippen molar-refractivity contribution in [1.82, 2.24) is 10.2 Å². The molecule has 0 aromatic heterocycles. The van der Waals surface area contributed by atoms with Gasteiger partial charge in [0.1, 0.15) is 5.60 Å². The lowest BCUT2D eigenvalue weighted by Gasteiger charge is -2.36. The smallest absolute Gasteiger partial charge is 0.410 e. The first-order chi connectivity index (χ1) is 15.1. The zero-order valence-corrected chi connectivity index (χ0v) is 19.7. The van der Waals surface area contributed by atoms with Gasteiger partial charge in [-0.3, -0.25) is 4.79 Å². The maximum atomic E-state index is 12.9. The van der Waals surface area contributed by atoms with Crippen LogP contribution in [0.3, 0.4) is 0 Å². The summed E-state index contributed by atoms with van der Waals surface area (Å²) in [5.74, 6) is 0.333. The van der Waals surface area contributed by atoms with Crippen molar-refractivity contribution in [3.05, 3.63) is 16.7 Å². The van der Waals surface area contributed by atoms with Crippen molar-refractivity contribution in [2.45, 2.75) is 45.3 Å². The molecule has 2 N–H and O–H groups in total. The molecule has 0 radical (unpaired) electrons. The highest BCUT2D eigenvalue weighted by atomic mass is 35.5. The molecule has 2 aliphatic rings. The number of piperidine rings is 1. The lowest BCUT2D eigenvalue weighted by Crippen LogP contribution is -2.50. The minimum atomic E-state index is -0.785. The number of amides is 2. The number of ether oxygens (including phenoxy) is 4. The number of hydrogen-bond donors (Lipinski definition) is 2. The molecule has 1 aromatic carbocycles. The number of carbonyl (C=O) groups is 2. The van der Waals surface area contributed by atoms with Crippen LogP contribution < -0.4 is 19.5 Å². The van der Waals surface area contributed by atoms with Gasteiger partial charge in [-0.1, -0.05) is 11.6 Å². The Hall–Kier alpha value is -2.39. The van der Waals surface area contributed by atoms with Gasteiger partial charge in [0.05, 0.1) is 43.6 Å². The average molecular weight is 471 g/mol. The average Bonchev–Trinajstić information content (AvgIpc) is 2.97. The number of aliphatic hydroxyl groups excluding tert-OH is 1. The van der Waals surface area contributed by atoms with E-state index in [4.69, 9.17) is 30.5 Å². The highest BCUT2D eigenvalue weighted by Gasteiger charge is 2.33. The Morgan fingerprint density at radius 1 is 1.28 bits per heavy atom. The Kier molecular flexibility index (Phi) is 7.61. The van der Waals surface area contributed by atoms with E-state index in [0.717, 1.165) is 0 Å². The van der Waals surface area contributed by atoms with Gasteiger partial charge in [0.25, 0.3) is 5.91 Å². The first-order valence-corrected chi connectivity index (χ1v) is 11.1. The molecule has 9 nitrogen and oxygen atoms in total. The maximum absolute atomic E-state index is 12.9. The predicted octanol–water partition coefficient (Wildman–Crippen LogP) is 2.86. The molecule has 2 amide bonds. The van der Waals surface area contributed by atoms with Crippen LogP contribution >= 0.6 is 11.6 Å². The van der Waals surface area contributed by atoms with E-state index >= 15 is 0 Å². The van der Waals surface area contributed by atoms with Gasteiger partial charge in [0.15, 0.2) is 11.5 Å². The Morgan fingerprint density at radius 3 is 2.59 bits per heavy atom. The fraction of sp³-hybridized carbons (Fsp3) is 0.636.